The molecule has 0 aromatic heterocycles. The molecule has 0 N–H and O–H groups in total. The van der Waals surface area contributed by atoms with Gasteiger partial charge in [-0.3, -0.25) is 10.1 Å². The van der Waals surface area contributed by atoms with E-state index in [-0.39, 0.29) is 23.6 Å². The molecule has 0 saturated carbocycles. The second kappa shape index (κ2) is 6.25. The molecular formula is C12H11NO5. The zero-order valence-corrected chi connectivity index (χ0v) is 9.93. The Morgan fingerprint density at radius 1 is 1.50 bits per heavy atom. The molecule has 0 radical (unpaired) electrons. The van der Waals surface area contributed by atoms with Crippen LogP contribution in [-0.2, 0) is 9.53 Å². The van der Waals surface area contributed by atoms with E-state index >= 15 is 0 Å². The summed E-state index contributed by atoms with van der Waals surface area (Å²) in [6, 6.07) is 4.30. The van der Waals surface area contributed by atoms with E-state index in [4.69, 9.17) is 4.74 Å². The zero-order chi connectivity index (χ0) is 13.5. The Labute approximate surface area is 104 Å². The molecule has 0 aliphatic rings. The lowest BCUT2D eigenvalue weighted by atomic mass is 10.1. The molecule has 18 heavy (non-hydrogen) atoms. The standard InChI is InChI=1S/C12H11NO5/c1-3-18-12(14)8-7-9-10(13(15)16)5-4-6-11(9)17-2/h4-6H,3H2,1-2H3. The van der Waals surface area contributed by atoms with E-state index in [9.17, 15) is 14.9 Å². The Morgan fingerprint density at radius 2 is 2.22 bits per heavy atom. The number of carbonyl (C=O) groups excluding carboxylic acids is 1. The normalized spacial score (nSPS) is 9.00. The van der Waals surface area contributed by atoms with Crippen molar-refractivity contribution in [2.45, 2.75) is 6.92 Å². The zero-order valence-electron chi connectivity index (χ0n) is 9.93. The van der Waals surface area contributed by atoms with Crippen LogP contribution in [0.2, 0.25) is 0 Å². The summed E-state index contributed by atoms with van der Waals surface area (Å²) in [5.41, 5.74) is -0.163. The lowest BCUT2D eigenvalue weighted by Crippen LogP contribution is -2.00. The van der Waals surface area contributed by atoms with Gasteiger partial charge in [-0.15, -0.1) is 0 Å². The van der Waals surface area contributed by atoms with Gasteiger partial charge in [0.15, 0.2) is 0 Å². The molecule has 0 bridgehead atoms. The first-order valence-corrected chi connectivity index (χ1v) is 5.10. The number of esters is 1. The number of methoxy groups -OCH3 is 1. The van der Waals surface area contributed by atoms with Gasteiger partial charge in [-0.2, -0.15) is 0 Å². The topological polar surface area (TPSA) is 78.7 Å². The molecule has 0 aliphatic heterocycles. The summed E-state index contributed by atoms with van der Waals surface area (Å²) in [7, 11) is 1.37. The summed E-state index contributed by atoms with van der Waals surface area (Å²) < 4.78 is 9.58. The van der Waals surface area contributed by atoms with Crippen LogP contribution in [0.3, 0.4) is 0 Å². The molecule has 0 aliphatic carbocycles. The first-order valence-electron chi connectivity index (χ1n) is 5.10. The minimum absolute atomic E-state index is 0.0538. The molecule has 1 aromatic carbocycles. The third kappa shape index (κ3) is 3.22. The van der Waals surface area contributed by atoms with Crippen LogP contribution in [0, 0.1) is 22.0 Å². The van der Waals surface area contributed by atoms with Gasteiger partial charge in [0.25, 0.3) is 5.69 Å². The van der Waals surface area contributed by atoms with Gasteiger partial charge in [-0.25, -0.2) is 4.79 Å². The predicted octanol–water partition coefficient (Wildman–Crippen LogP) is 1.52. The van der Waals surface area contributed by atoms with Gasteiger partial charge in [-0.1, -0.05) is 6.07 Å². The highest BCUT2D eigenvalue weighted by molar-refractivity contribution is 5.89. The number of rotatable bonds is 3. The van der Waals surface area contributed by atoms with Crippen molar-refractivity contribution in [2.75, 3.05) is 13.7 Å². The Hall–Kier alpha value is -2.55. The van der Waals surface area contributed by atoms with Gasteiger partial charge >= 0.3 is 5.97 Å². The molecule has 0 heterocycles. The molecule has 1 rings (SSSR count). The fourth-order valence-corrected chi connectivity index (χ4v) is 1.25. The largest absolute Gasteiger partial charge is 0.495 e. The van der Waals surface area contributed by atoms with Gasteiger partial charge in [0, 0.05) is 12.0 Å². The highest BCUT2D eigenvalue weighted by Gasteiger charge is 2.16. The minimum atomic E-state index is -0.738. The third-order valence-electron chi connectivity index (χ3n) is 1.99. The van der Waals surface area contributed by atoms with Crippen molar-refractivity contribution in [1.29, 1.82) is 0 Å². The third-order valence-corrected chi connectivity index (χ3v) is 1.99. The molecule has 6 nitrogen and oxygen atoms in total. The number of ether oxygens (including phenoxy) is 2. The van der Waals surface area contributed by atoms with Crippen molar-refractivity contribution in [3.63, 3.8) is 0 Å². The number of hydrogen-bond acceptors (Lipinski definition) is 5. The van der Waals surface area contributed by atoms with Gasteiger partial charge < -0.3 is 9.47 Å². The number of carbonyl (C=O) groups is 1. The monoisotopic (exact) mass is 249 g/mol. The van der Waals surface area contributed by atoms with E-state index < -0.39 is 10.9 Å². The summed E-state index contributed by atoms with van der Waals surface area (Å²) in [6.07, 6.45) is 0. The summed E-state index contributed by atoms with van der Waals surface area (Å²) in [4.78, 5) is 21.3. The molecule has 6 heteroatoms. The fourth-order valence-electron chi connectivity index (χ4n) is 1.25. The van der Waals surface area contributed by atoms with Crippen LogP contribution in [0.25, 0.3) is 0 Å². The van der Waals surface area contributed by atoms with Crippen molar-refractivity contribution in [3.05, 3.63) is 33.9 Å². The van der Waals surface area contributed by atoms with Crippen LogP contribution in [0.4, 0.5) is 5.69 Å². The Bertz CT molecular complexity index is 527. The van der Waals surface area contributed by atoms with Crippen LogP contribution in [0.1, 0.15) is 12.5 Å². The molecule has 0 fully saturated rings. The molecule has 1 aromatic rings. The quantitative estimate of drug-likeness (QED) is 0.351. The first-order chi connectivity index (χ1) is 8.60. The molecule has 0 unspecified atom stereocenters. The lowest BCUT2D eigenvalue weighted by molar-refractivity contribution is -0.385. The molecule has 0 atom stereocenters. The van der Waals surface area contributed by atoms with E-state index in [0.717, 1.165) is 0 Å². The van der Waals surface area contributed by atoms with Crippen LogP contribution in [0.15, 0.2) is 18.2 Å². The smallest absolute Gasteiger partial charge is 0.384 e. The number of benzene rings is 1. The first kappa shape index (κ1) is 13.5. The van der Waals surface area contributed by atoms with Crippen LogP contribution in [0.5, 0.6) is 5.75 Å². The van der Waals surface area contributed by atoms with E-state index in [1.54, 1.807) is 6.92 Å². The number of nitro benzene ring substituents is 1. The molecule has 0 saturated heterocycles. The molecule has 0 amide bonds. The summed E-state index contributed by atoms with van der Waals surface area (Å²) >= 11 is 0. The Morgan fingerprint density at radius 3 is 2.78 bits per heavy atom. The van der Waals surface area contributed by atoms with E-state index in [1.807, 2.05) is 0 Å². The molecular weight excluding hydrogens is 238 g/mol. The van der Waals surface area contributed by atoms with Crippen molar-refractivity contribution in [3.8, 4) is 17.6 Å². The maximum absolute atomic E-state index is 11.1. The van der Waals surface area contributed by atoms with Crippen LogP contribution >= 0.6 is 0 Å². The van der Waals surface area contributed by atoms with Crippen molar-refractivity contribution in [2.24, 2.45) is 0 Å². The maximum atomic E-state index is 11.1. The van der Waals surface area contributed by atoms with E-state index in [2.05, 4.69) is 16.6 Å². The fraction of sp³-hybridized carbons (Fsp3) is 0.250. The van der Waals surface area contributed by atoms with Crippen LogP contribution < -0.4 is 4.74 Å². The van der Waals surface area contributed by atoms with Gasteiger partial charge in [-0.05, 0) is 18.9 Å². The second-order valence-electron chi connectivity index (χ2n) is 3.08. The molecule has 94 valence electrons. The molecule has 0 spiro atoms. The maximum Gasteiger partial charge on any atom is 0.384 e. The number of hydrogen-bond donors (Lipinski definition) is 0. The second-order valence-corrected chi connectivity index (χ2v) is 3.08. The van der Waals surface area contributed by atoms with Gasteiger partial charge in [0.05, 0.1) is 18.6 Å². The summed E-state index contributed by atoms with van der Waals surface area (Å²) in [5, 5.41) is 10.8. The summed E-state index contributed by atoms with van der Waals surface area (Å²) in [6.45, 7) is 1.84. The predicted molar refractivity (Wildman–Crippen MR) is 63.2 cm³/mol. The Kier molecular flexibility index (Phi) is 4.69. The van der Waals surface area contributed by atoms with Crippen molar-refractivity contribution < 1.29 is 19.2 Å². The average molecular weight is 249 g/mol. The summed E-state index contributed by atoms with van der Waals surface area (Å²) in [5.74, 6) is 4.08. The highest BCUT2D eigenvalue weighted by Crippen LogP contribution is 2.26. The SMILES string of the molecule is CCOC(=O)C#Cc1c(OC)cccc1[N+](=O)[O-]. The minimum Gasteiger partial charge on any atom is -0.495 e. The van der Waals surface area contributed by atoms with Gasteiger partial charge in [0.1, 0.15) is 11.3 Å². The average Bonchev–Trinajstić information content (AvgIpc) is 2.36. The van der Waals surface area contributed by atoms with Crippen LogP contribution in [-0.4, -0.2) is 24.6 Å². The lowest BCUT2D eigenvalue weighted by Gasteiger charge is -2.02. The number of nitro groups is 1. The van der Waals surface area contributed by atoms with E-state index in [1.165, 1.54) is 25.3 Å². The van der Waals surface area contributed by atoms with Gasteiger partial charge in [0.2, 0.25) is 0 Å². The van der Waals surface area contributed by atoms with Crippen molar-refractivity contribution >= 4 is 11.7 Å². The Balaban J connectivity index is 3.20. The van der Waals surface area contributed by atoms with Crippen molar-refractivity contribution in [1.82, 2.24) is 0 Å². The number of nitrogens with zero attached hydrogens (tertiary/aromatic N) is 1. The van der Waals surface area contributed by atoms with E-state index in [0.29, 0.717) is 0 Å². The highest BCUT2D eigenvalue weighted by atomic mass is 16.6.